The molecule has 0 saturated heterocycles. The highest BCUT2D eigenvalue weighted by molar-refractivity contribution is 9.11. The molecule has 1 aliphatic carbocycles. The Kier molecular flexibility index (Phi) is 7.62. The lowest BCUT2D eigenvalue weighted by molar-refractivity contribution is 0.301. The second-order valence-corrected chi connectivity index (χ2v) is 10.6. The summed E-state index contributed by atoms with van der Waals surface area (Å²) in [7, 11) is 0. The summed E-state index contributed by atoms with van der Waals surface area (Å²) in [5, 5.41) is 5.16. The van der Waals surface area contributed by atoms with Crippen LogP contribution >= 0.6 is 31.9 Å². The molecule has 184 valence electrons. The maximum atomic E-state index is 13.5. The molecule has 5 rings (SSSR count). The molecule has 1 saturated carbocycles. The number of nitrogens with zero attached hydrogens (tertiary/aromatic N) is 3. The second-order valence-electron chi connectivity index (χ2n) is 8.92. The lowest BCUT2D eigenvalue weighted by atomic mass is 9.88. The zero-order valence-corrected chi connectivity index (χ0v) is 22.6. The van der Waals surface area contributed by atoms with Crippen molar-refractivity contribution in [2.45, 2.75) is 44.6 Å². The minimum atomic E-state index is -0.299. The highest BCUT2D eigenvalue weighted by Gasteiger charge is 2.22. The van der Waals surface area contributed by atoms with Crippen molar-refractivity contribution in [1.82, 2.24) is 9.66 Å². The monoisotopic (exact) mass is 611 g/mol. The molecule has 4 aromatic rings. The molecular weight excluding hydrogens is 589 g/mol. The average Bonchev–Trinajstić information content (AvgIpc) is 2.88. The van der Waals surface area contributed by atoms with Gasteiger partial charge < -0.3 is 4.74 Å². The van der Waals surface area contributed by atoms with Gasteiger partial charge in [0.2, 0.25) is 0 Å². The van der Waals surface area contributed by atoms with Gasteiger partial charge in [0.25, 0.3) is 5.56 Å². The molecular formula is C28H24Br2FN3O2. The maximum absolute atomic E-state index is 13.5. The highest BCUT2D eigenvalue weighted by Crippen LogP contribution is 2.35. The van der Waals surface area contributed by atoms with E-state index >= 15 is 0 Å². The van der Waals surface area contributed by atoms with Crippen molar-refractivity contribution >= 4 is 49.0 Å². The van der Waals surface area contributed by atoms with Crippen molar-refractivity contribution in [3.05, 3.63) is 103 Å². The molecule has 1 aromatic heterocycles. The van der Waals surface area contributed by atoms with Crippen LogP contribution in [0.4, 0.5) is 4.39 Å². The number of aromatic nitrogens is 2. The molecule has 1 aliphatic rings. The Hall–Kier alpha value is -2.84. The van der Waals surface area contributed by atoms with Crippen molar-refractivity contribution in [2.24, 2.45) is 5.10 Å². The van der Waals surface area contributed by atoms with Crippen molar-refractivity contribution in [3.8, 4) is 5.75 Å². The molecule has 0 spiro atoms. The van der Waals surface area contributed by atoms with Crippen molar-refractivity contribution in [3.63, 3.8) is 0 Å². The maximum Gasteiger partial charge on any atom is 0.282 e. The average molecular weight is 613 g/mol. The van der Waals surface area contributed by atoms with E-state index in [1.165, 1.54) is 23.2 Å². The SMILES string of the molecule is O=c1c2ccccc2nc(C2CCCCC2)n1N=Cc1cc(Br)c(OCc2cccc(F)c2)c(Br)c1. The van der Waals surface area contributed by atoms with E-state index in [1.807, 2.05) is 36.4 Å². The Bertz CT molecular complexity index is 1470. The number of benzene rings is 3. The van der Waals surface area contributed by atoms with E-state index in [9.17, 15) is 9.18 Å². The molecule has 3 aromatic carbocycles. The second kappa shape index (κ2) is 11.0. The minimum absolute atomic E-state index is 0.161. The fourth-order valence-electron chi connectivity index (χ4n) is 4.58. The summed E-state index contributed by atoms with van der Waals surface area (Å²) in [5.41, 5.74) is 2.06. The van der Waals surface area contributed by atoms with Gasteiger partial charge in [-0.2, -0.15) is 9.78 Å². The first-order chi connectivity index (χ1) is 17.5. The third-order valence-corrected chi connectivity index (χ3v) is 7.54. The molecule has 1 heterocycles. The van der Waals surface area contributed by atoms with Crippen LogP contribution in [0.5, 0.6) is 5.75 Å². The van der Waals surface area contributed by atoms with E-state index in [0.29, 0.717) is 25.6 Å². The predicted octanol–water partition coefficient (Wildman–Crippen LogP) is 7.57. The van der Waals surface area contributed by atoms with E-state index in [4.69, 9.17) is 9.72 Å². The van der Waals surface area contributed by atoms with Crippen LogP contribution in [0.15, 0.2) is 79.5 Å². The predicted molar refractivity (Wildman–Crippen MR) is 147 cm³/mol. The lowest BCUT2D eigenvalue weighted by Gasteiger charge is -2.22. The number of hydrogen-bond acceptors (Lipinski definition) is 4. The van der Waals surface area contributed by atoms with Crippen LogP contribution in [-0.4, -0.2) is 15.9 Å². The van der Waals surface area contributed by atoms with Crippen LogP contribution in [0.25, 0.3) is 10.9 Å². The highest BCUT2D eigenvalue weighted by atomic mass is 79.9. The first-order valence-electron chi connectivity index (χ1n) is 11.9. The number of fused-ring (bicyclic) bond motifs is 1. The topological polar surface area (TPSA) is 56.5 Å². The standard InChI is InChI=1S/C28H24Br2FN3O2/c29-23-14-19(15-24(30)26(23)36-17-18-7-6-10-21(31)13-18)16-32-34-27(20-8-2-1-3-9-20)33-25-12-5-4-11-22(25)28(34)35/h4-7,10-16,20H,1-3,8-9,17H2. The first kappa shape index (κ1) is 24.8. The number of halogens is 3. The van der Waals surface area contributed by atoms with E-state index < -0.39 is 0 Å². The largest absolute Gasteiger partial charge is 0.487 e. The third-order valence-electron chi connectivity index (χ3n) is 6.36. The van der Waals surface area contributed by atoms with E-state index in [1.54, 1.807) is 18.3 Å². The Morgan fingerprint density at radius 3 is 2.53 bits per heavy atom. The number of hydrogen-bond donors (Lipinski definition) is 0. The molecule has 8 heteroatoms. The minimum Gasteiger partial charge on any atom is -0.487 e. The normalized spacial score (nSPS) is 14.5. The zero-order chi connectivity index (χ0) is 25.1. The van der Waals surface area contributed by atoms with Crippen molar-refractivity contribution < 1.29 is 9.13 Å². The van der Waals surface area contributed by atoms with Gasteiger partial charge in [0.05, 0.1) is 26.1 Å². The Morgan fingerprint density at radius 2 is 1.78 bits per heavy atom. The summed E-state index contributed by atoms with van der Waals surface area (Å²) in [6.07, 6.45) is 7.16. The molecule has 0 radical (unpaired) electrons. The Morgan fingerprint density at radius 1 is 1.03 bits per heavy atom. The molecule has 0 N–H and O–H groups in total. The fourth-order valence-corrected chi connectivity index (χ4v) is 6.03. The molecule has 0 atom stereocenters. The van der Waals surface area contributed by atoms with Crippen LogP contribution in [0.1, 0.15) is 55.0 Å². The summed E-state index contributed by atoms with van der Waals surface area (Å²) >= 11 is 7.13. The quantitative estimate of drug-likeness (QED) is 0.211. The summed E-state index contributed by atoms with van der Waals surface area (Å²) in [6.45, 7) is 0.227. The summed E-state index contributed by atoms with van der Waals surface area (Å²) < 4.78 is 22.3. The molecule has 0 amide bonds. The van der Waals surface area contributed by atoms with Gasteiger partial charge in [-0.05, 0) is 92.2 Å². The lowest BCUT2D eigenvalue weighted by Crippen LogP contribution is -2.25. The van der Waals surface area contributed by atoms with E-state index in [2.05, 4.69) is 37.0 Å². The van der Waals surface area contributed by atoms with E-state index in [-0.39, 0.29) is 23.9 Å². The van der Waals surface area contributed by atoms with Gasteiger partial charge in [-0.15, -0.1) is 0 Å². The summed E-state index contributed by atoms with van der Waals surface area (Å²) in [5.74, 6) is 1.24. The van der Waals surface area contributed by atoms with Gasteiger partial charge in [0.15, 0.2) is 0 Å². The van der Waals surface area contributed by atoms with Gasteiger partial charge in [-0.1, -0.05) is 43.5 Å². The van der Waals surface area contributed by atoms with Crippen LogP contribution in [0.3, 0.4) is 0 Å². The molecule has 0 aliphatic heterocycles. The van der Waals surface area contributed by atoms with Gasteiger partial charge in [0, 0.05) is 5.92 Å². The van der Waals surface area contributed by atoms with Gasteiger partial charge in [0.1, 0.15) is 24.0 Å². The number of para-hydroxylation sites is 1. The molecule has 1 fully saturated rings. The number of ether oxygens (including phenoxy) is 1. The fraction of sp³-hybridized carbons (Fsp3) is 0.250. The third kappa shape index (κ3) is 5.44. The van der Waals surface area contributed by atoms with Gasteiger partial charge >= 0.3 is 0 Å². The van der Waals surface area contributed by atoms with Crippen molar-refractivity contribution in [1.29, 1.82) is 0 Å². The summed E-state index contributed by atoms with van der Waals surface area (Å²) in [6, 6.07) is 17.5. The summed E-state index contributed by atoms with van der Waals surface area (Å²) in [4.78, 5) is 18.3. The zero-order valence-electron chi connectivity index (χ0n) is 19.5. The molecule has 0 unspecified atom stereocenters. The van der Waals surface area contributed by atoms with Gasteiger partial charge in [-0.3, -0.25) is 4.79 Å². The van der Waals surface area contributed by atoms with Crippen LogP contribution in [0, 0.1) is 5.82 Å². The Balaban J connectivity index is 1.46. The smallest absolute Gasteiger partial charge is 0.282 e. The van der Waals surface area contributed by atoms with E-state index in [0.717, 1.165) is 42.6 Å². The number of rotatable bonds is 6. The van der Waals surface area contributed by atoms with Crippen LogP contribution < -0.4 is 10.3 Å². The van der Waals surface area contributed by atoms with Crippen molar-refractivity contribution in [2.75, 3.05) is 0 Å². The Labute approximate surface area is 225 Å². The molecule has 5 nitrogen and oxygen atoms in total. The van der Waals surface area contributed by atoms with Crippen LogP contribution in [0.2, 0.25) is 0 Å². The van der Waals surface area contributed by atoms with Crippen LogP contribution in [-0.2, 0) is 6.61 Å². The molecule has 0 bridgehead atoms. The first-order valence-corrected chi connectivity index (χ1v) is 13.5. The molecule has 36 heavy (non-hydrogen) atoms. The van der Waals surface area contributed by atoms with Gasteiger partial charge in [-0.25, -0.2) is 9.37 Å².